The van der Waals surface area contributed by atoms with Crippen LogP contribution in [0.25, 0.3) is 10.9 Å². The molecule has 0 amide bonds. The van der Waals surface area contributed by atoms with Gasteiger partial charge in [-0.15, -0.1) is 0 Å². The van der Waals surface area contributed by atoms with Crippen LogP contribution in [0, 0.1) is 12.7 Å². The average Bonchev–Trinajstić information content (AvgIpc) is 2.57. The molecule has 0 radical (unpaired) electrons. The Morgan fingerprint density at radius 1 is 1.43 bits per heavy atom. The van der Waals surface area contributed by atoms with Crippen molar-refractivity contribution < 1.29 is 14.3 Å². The number of rotatable bonds is 1. The molecule has 1 aromatic carbocycles. The van der Waals surface area contributed by atoms with E-state index in [2.05, 4.69) is 4.98 Å². The fourth-order valence-corrected chi connectivity index (χ4v) is 3.71. The topological polar surface area (TPSA) is 50.2 Å². The van der Waals surface area contributed by atoms with Crippen LogP contribution in [0.5, 0.6) is 0 Å². The van der Waals surface area contributed by atoms with Crippen LogP contribution >= 0.6 is 0 Å². The van der Waals surface area contributed by atoms with Crippen molar-refractivity contribution in [3.8, 4) is 0 Å². The summed E-state index contributed by atoms with van der Waals surface area (Å²) in [5.41, 5.74) is 2.32. The number of carbonyl (C=O) groups is 1. The second kappa shape index (κ2) is 4.26. The summed E-state index contributed by atoms with van der Waals surface area (Å²) in [5, 5.41) is 10.1. The first-order valence-corrected chi connectivity index (χ1v) is 7.10. The lowest BCUT2D eigenvalue weighted by atomic mass is 9.82. The van der Waals surface area contributed by atoms with Gasteiger partial charge in [-0.3, -0.25) is 0 Å². The maximum Gasteiger partial charge on any atom is 0.336 e. The summed E-state index contributed by atoms with van der Waals surface area (Å²) in [5.74, 6) is -1.32. The summed E-state index contributed by atoms with van der Waals surface area (Å²) >= 11 is 0. The van der Waals surface area contributed by atoms with Gasteiger partial charge in [-0.05, 0) is 47.9 Å². The number of hydrogen-bond donors (Lipinski definition) is 1. The van der Waals surface area contributed by atoms with Crippen molar-refractivity contribution in [3.63, 3.8) is 0 Å². The zero-order chi connectivity index (χ0) is 15.5. The van der Waals surface area contributed by atoms with Crippen molar-refractivity contribution in [2.24, 2.45) is 0 Å². The Kier molecular flexibility index (Phi) is 2.84. The third-order valence-corrected chi connectivity index (χ3v) is 4.39. The van der Waals surface area contributed by atoms with E-state index in [1.807, 2.05) is 20.8 Å². The number of benzene rings is 1. The lowest BCUT2D eigenvalue weighted by molar-refractivity contribution is 0.0696. The number of aromatic nitrogens is 1. The SMILES string of the molecule is Cc1cc(F)c2nc3c(c(C(=O)O)c2c1)C(C)(C)CC3C. The average molecular weight is 287 g/mol. The third-order valence-electron chi connectivity index (χ3n) is 4.39. The fourth-order valence-electron chi connectivity index (χ4n) is 3.71. The zero-order valence-corrected chi connectivity index (χ0v) is 12.6. The van der Waals surface area contributed by atoms with E-state index in [0.717, 1.165) is 17.7 Å². The molecule has 0 saturated carbocycles. The van der Waals surface area contributed by atoms with Gasteiger partial charge in [0.1, 0.15) is 11.3 Å². The number of aromatic carboxylic acids is 1. The number of aryl methyl sites for hydroxylation is 1. The van der Waals surface area contributed by atoms with Gasteiger partial charge < -0.3 is 5.11 Å². The van der Waals surface area contributed by atoms with Gasteiger partial charge in [-0.2, -0.15) is 0 Å². The largest absolute Gasteiger partial charge is 0.478 e. The summed E-state index contributed by atoms with van der Waals surface area (Å²) in [4.78, 5) is 16.3. The predicted molar refractivity (Wildman–Crippen MR) is 79.5 cm³/mol. The summed E-state index contributed by atoms with van der Waals surface area (Å²) in [6, 6.07) is 3.12. The highest BCUT2D eigenvalue weighted by molar-refractivity contribution is 6.05. The van der Waals surface area contributed by atoms with Crippen LogP contribution in [0.4, 0.5) is 4.39 Å². The first kappa shape index (κ1) is 14.0. The molecule has 1 N–H and O–H groups in total. The number of halogens is 1. The minimum Gasteiger partial charge on any atom is -0.478 e. The van der Waals surface area contributed by atoms with Gasteiger partial charge in [0, 0.05) is 11.1 Å². The van der Waals surface area contributed by atoms with E-state index in [9.17, 15) is 14.3 Å². The molecule has 1 aliphatic rings. The molecule has 4 heteroatoms. The molecule has 1 aliphatic carbocycles. The summed E-state index contributed by atoms with van der Waals surface area (Å²) in [7, 11) is 0. The molecule has 1 unspecified atom stereocenters. The molecule has 3 rings (SSSR count). The molecular formula is C17H18FNO2. The Hall–Kier alpha value is -1.97. The number of fused-ring (bicyclic) bond motifs is 2. The van der Waals surface area contributed by atoms with Crippen LogP contribution in [-0.2, 0) is 5.41 Å². The molecule has 1 heterocycles. The van der Waals surface area contributed by atoms with E-state index in [1.165, 1.54) is 6.07 Å². The predicted octanol–water partition coefficient (Wildman–Crippen LogP) is 4.17. The zero-order valence-electron chi connectivity index (χ0n) is 12.6. The molecule has 0 fully saturated rings. The second-order valence-electron chi connectivity index (χ2n) is 6.68. The Bertz CT molecular complexity index is 780. The third kappa shape index (κ3) is 1.93. The molecule has 2 aromatic rings. The molecule has 0 saturated heterocycles. The van der Waals surface area contributed by atoms with Crippen molar-refractivity contribution in [1.82, 2.24) is 4.98 Å². The Labute approximate surface area is 122 Å². The van der Waals surface area contributed by atoms with Gasteiger partial charge in [0.25, 0.3) is 0 Å². The van der Waals surface area contributed by atoms with E-state index in [-0.39, 0.29) is 22.4 Å². The number of carboxylic acids is 1. The van der Waals surface area contributed by atoms with E-state index >= 15 is 0 Å². The van der Waals surface area contributed by atoms with Crippen LogP contribution in [-0.4, -0.2) is 16.1 Å². The van der Waals surface area contributed by atoms with Crippen LogP contribution in [0.1, 0.15) is 60.3 Å². The standard InChI is InChI=1S/C17H18FNO2/c1-8-5-10-12(16(20)21)13-14(9(2)7-17(13,3)4)19-15(10)11(18)6-8/h5-6,9H,7H2,1-4H3,(H,20,21). The summed E-state index contributed by atoms with van der Waals surface area (Å²) < 4.78 is 14.2. The van der Waals surface area contributed by atoms with Gasteiger partial charge >= 0.3 is 5.97 Å². The molecule has 110 valence electrons. The Morgan fingerprint density at radius 3 is 2.71 bits per heavy atom. The van der Waals surface area contributed by atoms with Gasteiger partial charge in [-0.25, -0.2) is 14.2 Å². The van der Waals surface area contributed by atoms with Crippen molar-refractivity contribution in [2.75, 3.05) is 0 Å². The first-order chi connectivity index (χ1) is 9.72. The summed E-state index contributed by atoms with van der Waals surface area (Å²) in [6.07, 6.45) is 0.826. The minimum absolute atomic E-state index is 0.137. The molecular weight excluding hydrogens is 269 g/mol. The monoisotopic (exact) mass is 287 g/mol. The van der Waals surface area contributed by atoms with Crippen LogP contribution in [0.15, 0.2) is 12.1 Å². The van der Waals surface area contributed by atoms with Crippen molar-refractivity contribution in [1.29, 1.82) is 0 Å². The highest BCUT2D eigenvalue weighted by Gasteiger charge is 2.40. The van der Waals surface area contributed by atoms with E-state index in [0.29, 0.717) is 10.9 Å². The van der Waals surface area contributed by atoms with Gasteiger partial charge in [0.15, 0.2) is 0 Å². The quantitative estimate of drug-likeness (QED) is 0.856. The molecule has 0 bridgehead atoms. The van der Waals surface area contributed by atoms with Gasteiger partial charge in [0.2, 0.25) is 0 Å². The maximum atomic E-state index is 14.2. The fraction of sp³-hybridized carbons (Fsp3) is 0.412. The Balaban J connectivity index is 2.54. The Morgan fingerprint density at radius 2 is 2.10 bits per heavy atom. The van der Waals surface area contributed by atoms with Crippen LogP contribution < -0.4 is 0 Å². The second-order valence-corrected chi connectivity index (χ2v) is 6.68. The molecule has 0 spiro atoms. The molecule has 1 atom stereocenters. The van der Waals surface area contributed by atoms with Gasteiger partial charge in [-0.1, -0.05) is 20.8 Å². The van der Waals surface area contributed by atoms with Crippen molar-refractivity contribution >= 4 is 16.9 Å². The van der Waals surface area contributed by atoms with E-state index < -0.39 is 11.8 Å². The lowest BCUT2D eigenvalue weighted by Crippen LogP contribution is -2.18. The number of pyridine rings is 1. The highest BCUT2D eigenvalue weighted by Crippen LogP contribution is 2.48. The molecule has 3 nitrogen and oxygen atoms in total. The van der Waals surface area contributed by atoms with Crippen molar-refractivity contribution in [2.45, 2.75) is 45.4 Å². The number of carboxylic acid groups (broad SMARTS) is 1. The number of nitrogens with zero attached hydrogens (tertiary/aromatic N) is 1. The smallest absolute Gasteiger partial charge is 0.336 e. The molecule has 21 heavy (non-hydrogen) atoms. The van der Waals surface area contributed by atoms with Crippen LogP contribution in [0.2, 0.25) is 0 Å². The highest BCUT2D eigenvalue weighted by atomic mass is 19.1. The normalized spacial score (nSPS) is 19.8. The van der Waals surface area contributed by atoms with Gasteiger partial charge in [0.05, 0.1) is 5.56 Å². The number of hydrogen-bond acceptors (Lipinski definition) is 2. The maximum absolute atomic E-state index is 14.2. The van der Waals surface area contributed by atoms with Crippen molar-refractivity contribution in [3.05, 3.63) is 40.3 Å². The molecule has 1 aromatic heterocycles. The minimum atomic E-state index is -1.01. The van der Waals surface area contributed by atoms with E-state index in [4.69, 9.17) is 0 Å². The first-order valence-electron chi connectivity index (χ1n) is 7.10. The summed E-state index contributed by atoms with van der Waals surface area (Å²) in [6.45, 7) is 7.84. The molecule has 0 aliphatic heterocycles. The van der Waals surface area contributed by atoms with Crippen LogP contribution in [0.3, 0.4) is 0 Å². The lowest BCUT2D eigenvalue weighted by Gasteiger charge is -2.21. The van der Waals surface area contributed by atoms with E-state index in [1.54, 1.807) is 13.0 Å².